The summed E-state index contributed by atoms with van der Waals surface area (Å²) in [6.45, 7) is 0. The molecule has 0 aromatic rings. The van der Waals surface area contributed by atoms with Crippen LogP contribution < -0.4 is 0 Å². The Morgan fingerprint density at radius 1 is 1.13 bits per heavy atom. The third kappa shape index (κ3) is 2.39. The first-order valence-corrected chi connectivity index (χ1v) is 7.86. The van der Waals surface area contributed by atoms with Gasteiger partial charge in [0.1, 0.15) is 5.21 Å². The lowest BCUT2D eigenvalue weighted by atomic mass is 9.82. The third-order valence-electron chi connectivity index (χ3n) is 3.61. The fourth-order valence-corrected chi connectivity index (χ4v) is 4.33. The van der Waals surface area contributed by atoms with Crippen LogP contribution in [0.25, 0.3) is 0 Å². The summed E-state index contributed by atoms with van der Waals surface area (Å²) in [6.07, 6.45) is 7.35. The predicted octanol–water partition coefficient (Wildman–Crippen LogP) is 3.02. The minimum atomic E-state index is -3.04. The quantitative estimate of drug-likeness (QED) is 0.556. The number of sulfone groups is 1. The molecule has 0 N–H and O–H groups in total. The largest absolute Gasteiger partial charge is 0.227 e. The first-order valence-electron chi connectivity index (χ1n) is 5.61. The summed E-state index contributed by atoms with van der Waals surface area (Å²) in [6, 6.07) is 0. The molecule has 1 atom stereocenters. The standard InChI is InChI=1S/C11H17ClO2S/c12-8-15(13,14)11-6-5-9-3-1-2-4-10(9)7-11/h11H,1-8H2. The van der Waals surface area contributed by atoms with E-state index in [0.717, 1.165) is 25.7 Å². The van der Waals surface area contributed by atoms with Crippen molar-refractivity contribution in [2.45, 2.75) is 50.2 Å². The molecule has 2 aliphatic rings. The molecule has 0 saturated heterocycles. The van der Waals surface area contributed by atoms with Gasteiger partial charge in [-0.3, -0.25) is 0 Å². The van der Waals surface area contributed by atoms with Crippen molar-refractivity contribution in [2.75, 3.05) is 5.21 Å². The molecule has 2 aliphatic carbocycles. The number of hydrogen-bond acceptors (Lipinski definition) is 2. The molecule has 2 nitrogen and oxygen atoms in total. The normalized spacial score (nSPS) is 27.7. The number of allylic oxidation sites excluding steroid dienone is 2. The second-order valence-corrected chi connectivity index (χ2v) is 7.42. The Hall–Kier alpha value is -0.0200. The molecule has 15 heavy (non-hydrogen) atoms. The van der Waals surface area contributed by atoms with Gasteiger partial charge >= 0.3 is 0 Å². The molecule has 0 spiro atoms. The molecule has 0 aliphatic heterocycles. The van der Waals surface area contributed by atoms with Gasteiger partial charge in [0.25, 0.3) is 0 Å². The molecule has 0 saturated carbocycles. The van der Waals surface area contributed by atoms with Crippen LogP contribution in [0.15, 0.2) is 11.1 Å². The van der Waals surface area contributed by atoms with E-state index >= 15 is 0 Å². The first-order chi connectivity index (χ1) is 7.13. The van der Waals surface area contributed by atoms with Gasteiger partial charge in [0.05, 0.1) is 5.25 Å². The zero-order valence-corrected chi connectivity index (χ0v) is 10.4. The molecule has 0 fully saturated rings. The lowest BCUT2D eigenvalue weighted by molar-refractivity contribution is 0.531. The molecule has 0 aromatic heterocycles. The summed E-state index contributed by atoms with van der Waals surface area (Å²) in [5.74, 6) is 0. The van der Waals surface area contributed by atoms with Gasteiger partial charge in [-0.15, -0.1) is 11.6 Å². The van der Waals surface area contributed by atoms with E-state index in [9.17, 15) is 8.42 Å². The summed E-state index contributed by atoms with van der Waals surface area (Å²) < 4.78 is 23.3. The molecule has 0 radical (unpaired) electrons. The summed E-state index contributed by atoms with van der Waals surface area (Å²) in [4.78, 5) is 0. The van der Waals surface area contributed by atoms with Crippen molar-refractivity contribution in [3.05, 3.63) is 11.1 Å². The van der Waals surface area contributed by atoms with Gasteiger partial charge in [0.2, 0.25) is 0 Å². The Kier molecular flexibility index (Phi) is 3.41. The monoisotopic (exact) mass is 248 g/mol. The number of halogens is 1. The van der Waals surface area contributed by atoms with Crippen molar-refractivity contribution in [3.63, 3.8) is 0 Å². The van der Waals surface area contributed by atoms with Crippen LogP contribution in [0.2, 0.25) is 0 Å². The minimum absolute atomic E-state index is 0.202. The van der Waals surface area contributed by atoms with E-state index < -0.39 is 9.84 Å². The second-order valence-electron chi connectivity index (χ2n) is 4.55. The maximum absolute atomic E-state index is 11.7. The number of rotatable bonds is 2. The minimum Gasteiger partial charge on any atom is -0.227 e. The Labute approximate surface area is 96.6 Å². The topological polar surface area (TPSA) is 34.1 Å². The highest BCUT2D eigenvalue weighted by molar-refractivity contribution is 7.93. The van der Waals surface area contributed by atoms with Gasteiger partial charge in [-0.1, -0.05) is 11.1 Å². The summed E-state index contributed by atoms with van der Waals surface area (Å²) in [5, 5.41) is -0.424. The predicted molar refractivity (Wildman–Crippen MR) is 62.8 cm³/mol. The van der Waals surface area contributed by atoms with Gasteiger partial charge < -0.3 is 0 Å². The lowest BCUT2D eigenvalue weighted by Gasteiger charge is -2.29. The second kappa shape index (κ2) is 4.46. The molecular weight excluding hydrogens is 232 g/mol. The van der Waals surface area contributed by atoms with Crippen LogP contribution in [0.4, 0.5) is 0 Å². The summed E-state index contributed by atoms with van der Waals surface area (Å²) in [7, 11) is -3.04. The van der Waals surface area contributed by atoms with Gasteiger partial charge in [0.15, 0.2) is 9.84 Å². The first kappa shape index (κ1) is 11.5. The Balaban J connectivity index is 2.14. The van der Waals surface area contributed by atoms with E-state index in [2.05, 4.69) is 0 Å². The van der Waals surface area contributed by atoms with Crippen molar-refractivity contribution >= 4 is 21.4 Å². The average molecular weight is 249 g/mol. The van der Waals surface area contributed by atoms with E-state index in [1.165, 1.54) is 24.8 Å². The van der Waals surface area contributed by atoms with Crippen LogP contribution in [0.1, 0.15) is 44.9 Å². The van der Waals surface area contributed by atoms with Crippen LogP contribution >= 0.6 is 11.6 Å². The summed E-state index contributed by atoms with van der Waals surface area (Å²) in [5.41, 5.74) is 2.97. The fourth-order valence-electron chi connectivity index (χ4n) is 2.69. The molecule has 2 rings (SSSR count). The molecule has 0 aromatic carbocycles. The fraction of sp³-hybridized carbons (Fsp3) is 0.818. The van der Waals surface area contributed by atoms with E-state index in [4.69, 9.17) is 11.6 Å². The molecular formula is C11H17ClO2S. The maximum atomic E-state index is 11.7. The maximum Gasteiger partial charge on any atom is 0.167 e. The van der Waals surface area contributed by atoms with Gasteiger partial charge in [0, 0.05) is 0 Å². The van der Waals surface area contributed by atoms with Crippen LogP contribution in [0, 0.1) is 0 Å². The SMILES string of the molecule is O=S(=O)(CCl)C1CCC2=C(CCCC2)C1. The van der Waals surface area contributed by atoms with E-state index in [1.807, 2.05) is 0 Å². The van der Waals surface area contributed by atoms with Crippen molar-refractivity contribution < 1.29 is 8.42 Å². The highest BCUT2D eigenvalue weighted by Gasteiger charge is 2.30. The van der Waals surface area contributed by atoms with Crippen molar-refractivity contribution in [3.8, 4) is 0 Å². The Morgan fingerprint density at radius 2 is 1.80 bits per heavy atom. The number of hydrogen-bond donors (Lipinski definition) is 0. The van der Waals surface area contributed by atoms with Gasteiger partial charge in [-0.05, 0) is 44.9 Å². The average Bonchev–Trinajstić information content (AvgIpc) is 2.28. The molecule has 0 bridgehead atoms. The van der Waals surface area contributed by atoms with Gasteiger partial charge in [-0.2, -0.15) is 0 Å². The number of alkyl halides is 1. The smallest absolute Gasteiger partial charge is 0.167 e. The van der Waals surface area contributed by atoms with Crippen molar-refractivity contribution in [2.24, 2.45) is 0 Å². The van der Waals surface area contributed by atoms with Crippen LogP contribution in [0.3, 0.4) is 0 Å². The van der Waals surface area contributed by atoms with Gasteiger partial charge in [-0.25, -0.2) is 8.42 Å². The Bertz CT molecular complexity index is 370. The highest BCUT2D eigenvalue weighted by Crippen LogP contribution is 2.37. The third-order valence-corrected chi connectivity index (χ3v) is 6.24. The van der Waals surface area contributed by atoms with Crippen LogP contribution in [-0.2, 0) is 9.84 Å². The van der Waals surface area contributed by atoms with E-state index in [0.29, 0.717) is 0 Å². The zero-order chi connectivity index (χ0) is 10.9. The Morgan fingerprint density at radius 3 is 2.47 bits per heavy atom. The zero-order valence-electron chi connectivity index (χ0n) is 8.84. The van der Waals surface area contributed by atoms with Crippen molar-refractivity contribution in [1.29, 1.82) is 0 Å². The van der Waals surface area contributed by atoms with Crippen LogP contribution in [0.5, 0.6) is 0 Å². The van der Waals surface area contributed by atoms with Crippen molar-refractivity contribution in [1.82, 2.24) is 0 Å². The summed E-state index contributed by atoms with van der Waals surface area (Å²) >= 11 is 5.50. The molecule has 0 heterocycles. The highest BCUT2D eigenvalue weighted by atomic mass is 35.5. The molecule has 0 amide bonds. The lowest BCUT2D eigenvalue weighted by Crippen LogP contribution is -2.27. The van der Waals surface area contributed by atoms with E-state index in [1.54, 1.807) is 5.57 Å². The molecule has 86 valence electrons. The molecule has 4 heteroatoms. The van der Waals surface area contributed by atoms with Crippen LogP contribution in [-0.4, -0.2) is 18.9 Å². The molecule has 1 unspecified atom stereocenters. The van der Waals surface area contributed by atoms with E-state index in [-0.39, 0.29) is 10.5 Å².